The lowest BCUT2D eigenvalue weighted by Gasteiger charge is -2.16. The third-order valence-corrected chi connectivity index (χ3v) is 4.04. The first-order chi connectivity index (χ1) is 12.2. The summed E-state index contributed by atoms with van der Waals surface area (Å²) in [6, 6.07) is 19.3. The summed E-state index contributed by atoms with van der Waals surface area (Å²) < 4.78 is 10.7. The number of methoxy groups -OCH3 is 1. The first kappa shape index (κ1) is 16.9. The maximum absolute atomic E-state index is 12.7. The van der Waals surface area contributed by atoms with E-state index in [4.69, 9.17) is 9.26 Å². The van der Waals surface area contributed by atoms with E-state index in [1.54, 1.807) is 14.0 Å². The fraction of sp³-hybridized carbons (Fsp3) is 0.200. The Morgan fingerprint density at radius 3 is 2.40 bits per heavy atom. The fourth-order valence-corrected chi connectivity index (χ4v) is 2.71. The molecule has 3 aromatic rings. The van der Waals surface area contributed by atoms with Crippen molar-refractivity contribution in [1.29, 1.82) is 0 Å². The van der Waals surface area contributed by atoms with Crippen molar-refractivity contribution in [2.24, 2.45) is 0 Å². The lowest BCUT2D eigenvalue weighted by atomic mass is 10.1. The summed E-state index contributed by atoms with van der Waals surface area (Å²) in [4.78, 5) is 12.7. The molecular formula is C20H20N2O3. The number of rotatable bonds is 6. The van der Waals surface area contributed by atoms with Crippen LogP contribution in [0.3, 0.4) is 0 Å². The second-order valence-electron chi connectivity index (χ2n) is 5.67. The first-order valence-corrected chi connectivity index (χ1v) is 8.08. The van der Waals surface area contributed by atoms with Crippen molar-refractivity contribution in [3.63, 3.8) is 0 Å². The molecule has 0 fully saturated rings. The Balaban J connectivity index is 1.77. The SMILES string of the molecule is COC(CNC(=O)c1c(-c2ccccc2)noc1C)c1ccccc1. The molecule has 5 nitrogen and oxygen atoms in total. The van der Waals surface area contributed by atoms with Crippen molar-refractivity contribution in [3.8, 4) is 11.3 Å². The van der Waals surface area contributed by atoms with Crippen molar-refractivity contribution in [1.82, 2.24) is 10.5 Å². The van der Waals surface area contributed by atoms with Crippen molar-refractivity contribution < 1.29 is 14.1 Å². The molecule has 1 amide bonds. The van der Waals surface area contributed by atoms with Crippen LogP contribution >= 0.6 is 0 Å². The quantitative estimate of drug-likeness (QED) is 0.744. The van der Waals surface area contributed by atoms with Crippen molar-refractivity contribution in [2.75, 3.05) is 13.7 Å². The van der Waals surface area contributed by atoms with Crippen LogP contribution in [-0.2, 0) is 4.74 Å². The molecule has 0 saturated carbocycles. The Morgan fingerprint density at radius 2 is 1.76 bits per heavy atom. The van der Waals surface area contributed by atoms with Crippen LogP contribution in [0.2, 0.25) is 0 Å². The maximum atomic E-state index is 12.7. The Morgan fingerprint density at radius 1 is 1.12 bits per heavy atom. The van der Waals surface area contributed by atoms with E-state index in [9.17, 15) is 4.79 Å². The van der Waals surface area contributed by atoms with Crippen LogP contribution in [0.4, 0.5) is 0 Å². The number of hydrogen-bond donors (Lipinski definition) is 1. The van der Waals surface area contributed by atoms with Gasteiger partial charge in [0.1, 0.15) is 17.0 Å². The van der Waals surface area contributed by atoms with E-state index >= 15 is 0 Å². The summed E-state index contributed by atoms with van der Waals surface area (Å²) in [7, 11) is 1.63. The number of ether oxygens (including phenoxy) is 1. The average molecular weight is 336 g/mol. The third-order valence-electron chi connectivity index (χ3n) is 4.04. The molecule has 0 aliphatic heterocycles. The normalized spacial score (nSPS) is 11.9. The Labute approximate surface area is 146 Å². The second kappa shape index (κ2) is 7.77. The van der Waals surface area contributed by atoms with Gasteiger partial charge in [0.2, 0.25) is 0 Å². The molecule has 5 heteroatoms. The number of aromatic nitrogens is 1. The van der Waals surface area contributed by atoms with E-state index in [0.717, 1.165) is 11.1 Å². The van der Waals surface area contributed by atoms with Crippen molar-refractivity contribution in [2.45, 2.75) is 13.0 Å². The van der Waals surface area contributed by atoms with Crippen LogP contribution in [0.15, 0.2) is 65.2 Å². The molecule has 0 aliphatic carbocycles. The highest BCUT2D eigenvalue weighted by Gasteiger charge is 2.22. The molecule has 1 unspecified atom stereocenters. The van der Waals surface area contributed by atoms with Crippen LogP contribution < -0.4 is 5.32 Å². The van der Waals surface area contributed by atoms with E-state index in [1.165, 1.54) is 0 Å². The van der Waals surface area contributed by atoms with Crippen LogP contribution in [0.1, 0.15) is 27.8 Å². The maximum Gasteiger partial charge on any atom is 0.257 e. The van der Waals surface area contributed by atoms with Crippen molar-refractivity contribution in [3.05, 3.63) is 77.6 Å². The topological polar surface area (TPSA) is 64.4 Å². The van der Waals surface area contributed by atoms with Gasteiger partial charge in [0.15, 0.2) is 0 Å². The monoisotopic (exact) mass is 336 g/mol. The van der Waals surface area contributed by atoms with Gasteiger partial charge in [0.25, 0.3) is 5.91 Å². The van der Waals surface area contributed by atoms with E-state index in [0.29, 0.717) is 23.6 Å². The number of amides is 1. The molecule has 3 rings (SSSR count). The lowest BCUT2D eigenvalue weighted by molar-refractivity contribution is 0.0827. The second-order valence-corrected chi connectivity index (χ2v) is 5.67. The molecule has 128 valence electrons. The summed E-state index contributed by atoms with van der Waals surface area (Å²) in [6.45, 7) is 2.09. The number of carbonyl (C=O) groups excluding carboxylic acids is 1. The van der Waals surface area contributed by atoms with Gasteiger partial charge in [-0.05, 0) is 12.5 Å². The molecule has 0 bridgehead atoms. The summed E-state index contributed by atoms with van der Waals surface area (Å²) in [5.41, 5.74) is 2.85. The molecule has 0 saturated heterocycles. The molecule has 0 radical (unpaired) electrons. The highest BCUT2D eigenvalue weighted by atomic mass is 16.5. The van der Waals surface area contributed by atoms with Crippen LogP contribution in [-0.4, -0.2) is 24.7 Å². The van der Waals surface area contributed by atoms with Gasteiger partial charge in [-0.2, -0.15) is 0 Å². The van der Waals surface area contributed by atoms with E-state index in [1.807, 2.05) is 60.7 Å². The molecular weight excluding hydrogens is 316 g/mol. The molecule has 1 heterocycles. The van der Waals surface area contributed by atoms with E-state index in [2.05, 4.69) is 10.5 Å². The minimum absolute atomic E-state index is 0.217. The third kappa shape index (κ3) is 3.78. The van der Waals surface area contributed by atoms with Gasteiger partial charge in [-0.15, -0.1) is 0 Å². The molecule has 25 heavy (non-hydrogen) atoms. The van der Waals surface area contributed by atoms with Crippen LogP contribution in [0.5, 0.6) is 0 Å². The van der Waals surface area contributed by atoms with Crippen molar-refractivity contribution >= 4 is 5.91 Å². The predicted octanol–water partition coefficient (Wildman–Crippen LogP) is 3.77. The fourth-order valence-electron chi connectivity index (χ4n) is 2.71. The van der Waals surface area contributed by atoms with Gasteiger partial charge in [-0.1, -0.05) is 65.8 Å². The zero-order chi connectivity index (χ0) is 17.6. The van der Waals surface area contributed by atoms with Gasteiger partial charge in [-0.25, -0.2) is 0 Å². The number of nitrogens with one attached hydrogen (secondary N) is 1. The van der Waals surface area contributed by atoms with Gasteiger partial charge in [-0.3, -0.25) is 4.79 Å². The number of benzene rings is 2. The van der Waals surface area contributed by atoms with Gasteiger partial charge >= 0.3 is 0 Å². The van der Waals surface area contributed by atoms with Gasteiger partial charge in [0.05, 0.1) is 6.10 Å². The number of nitrogens with zero attached hydrogens (tertiary/aromatic N) is 1. The molecule has 0 spiro atoms. The smallest absolute Gasteiger partial charge is 0.257 e. The molecule has 1 N–H and O–H groups in total. The van der Waals surface area contributed by atoms with Gasteiger partial charge < -0.3 is 14.6 Å². The average Bonchev–Trinajstić information content (AvgIpc) is 3.05. The zero-order valence-electron chi connectivity index (χ0n) is 14.2. The summed E-state index contributed by atoms with van der Waals surface area (Å²) in [5.74, 6) is 0.264. The molecule has 1 aromatic heterocycles. The Kier molecular flexibility index (Phi) is 5.26. The summed E-state index contributed by atoms with van der Waals surface area (Å²) in [5, 5.41) is 6.97. The molecule has 1 atom stereocenters. The minimum Gasteiger partial charge on any atom is -0.375 e. The summed E-state index contributed by atoms with van der Waals surface area (Å²) >= 11 is 0. The molecule has 0 aliphatic rings. The van der Waals surface area contributed by atoms with E-state index in [-0.39, 0.29) is 12.0 Å². The number of aryl methyl sites for hydroxylation is 1. The predicted molar refractivity (Wildman–Crippen MR) is 95.2 cm³/mol. The standard InChI is InChI=1S/C20H20N2O3/c1-14-18(19(22-25-14)16-11-7-4-8-12-16)20(23)21-13-17(24-2)15-9-5-3-6-10-15/h3-12,17H,13H2,1-2H3,(H,21,23). The van der Waals surface area contributed by atoms with E-state index < -0.39 is 0 Å². The molecule has 2 aromatic carbocycles. The lowest BCUT2D eigenvalue weighted by Crippen LogP contribution is -2.29. The van der Waals surface area contributed by atoms with Crippen LogP contribution in [0.25, 0.3) is 11.3 Å². The zero-order valence-corrected chi connectivity index (χ0v) is 14.2. The largest absolute Gasteiger partial charge is 0.375 e. The Bertz CT molecular complexity index is 829. The summed E-state index contributed by atoms with van der Waals surface area (Å²) in [6.07, 6.45) is -0.217. The minimum atomic E-state index is -0.226. The highest BCUT2D eigenvalue weighted by Crippen LogP contribution is 2.25. The van der Waals surface area contributed by atoms with Gasteiger partial charge in [0, 0.05) is 19.2 Å². The Hall–Kier alpha value is -2.92. The number of carbonyl (C=O) groups is 1. The van der Waals surface area contributed by atoms with Crippen LogP contribution in [0, 0.1) is 6.92 Å². The highest BCUT2D eigenvalue weighted by molar-refractivity contribution is 6.00. The first-order valence-electron chi connectivity index (χ1n) is 8.08. The number of hydrogen-bond acceptors (Lipinski definition) is 4.